The van der Waals surface area contributed by atoms with Crippen molar-refractivity contribution in [3.05, 3.63) is 12.7 Å². The van der Waals surface area contributed by atoms with Crippen LogP contribution in [-0.2, 0) is 0 Å². The molecule has 2 unspecified atom stereocenters. The Morgan fingerprint density at radius 1 is 1.10 bits per heavy atom. The van der Waals surface area contributed by atoms with Gasteiger partial charge in [0.2, 0.25) is 0 Å². The second-order valence-electron chi connectivity index (χ2n) is 4.89. The van der Waals surface area contributed by atoms with E-state index in [9.17, 15) is 20.4 Å². The van der Waals surface area contributed by atoms with Crippen molar-refractivity contribution in [2.75, 3.05) is 12.3 Å². The van der Waals surface area contributed by atoms with Crippen LogP contribution in [0.1, 0.15) is 6.04 Å². The number of aliphatic hydroxyl groups excluding tert-OH is 4. The van der Waals surface area contributed by atoms with E-state index in [0.29, 0.717) is 11.2 Å². The molecular weight excluding hydrogens is 266 g/mol. The summed E-state index contributed by atoms with van der Waals surface area (Å²) >= 11 is 0. The average Bonchev–Trinajstić information content (AvgIpc) is 2.92. The van der Waals surface area contributed by atoms with E-state index >= 15 is 0 Å². The van der Waals surface area contributed by atoms with Gasteiger partial charge in [-0.3, -0.25) is 0 Å². The minimum absolute atomic E-state index is 0.190. The molecular formula is C11H15N5O4. The minimum Gasteiger partial charge on any atom is -0.396 e. The largest absolute Gasteiger partial charge is 0.396 e. The summed E-state index contributed by atoms with van der Waals surface area (Å²) in [4.78, 5) is 11.9. The number of imidazole rings is 1. The van der Waals surface area contributed by atoms with Crippen LogP contribution in [0.25, 0.3) is 11.2 Å². The van der Waals surface area contributed by atoms with Crippen LogP contribution in [0.3, 0.4) is 0 Å². The Kier molecular flexibility index (Phi) is 3.05. The van der Waals surface area contributed by atoms with Gasteiger partial charge in [-0.25, -0.2) is 15.0 Å². The monoisotopic (exact) mass is 281 g/mol. The topological polar surface area (TPSA) is 151 Å². The van der Waals surface area contributed by atoms with Crippen molar-refractivity contribution in [2.45, 2.75) is 24.4 Å². The quantitative estimate of drug-likeness (QED) is 0.410. The summed E-state index contributed by atoms with van der Waals surface area (Å²) in [6.45, 7) is -0.431. The maximum Gasteiger partial charge on any atom is 0.165 e. The second kappa shape index (κ2) is 4.63. The molecule has 20 heavy (non-hydrogen) atoms. The Morgan fingerprint density at radius 3 is 2.50 bits per heavy atom. The highest BCUT2D eigenvalue weighted by Crippen LogP contribution is 2.37. The van der Waals surface area contributed by atoms with E-state index < -0.39 is 36.9 Å². The van der Waals surface area contributed by atoms with Crippen LogP contribution < -0.4 is 5.73 Å². The number of nitrogens with two attached hydrogens (primary N) is 1. The van der Waals surface area contributed by atoms with Crippen LogP contribution in [-0.4, -0.2) is 64.9 Å². The molecule has 1 fully saturated rings. The smallest absolute Gasteiger partial charge is 0.165 e. The lowest BCUT2D eigenvalue weighted by molar-refractivity contribution is -0.00782. The molecule has 0 saturated heterocycles. The first-order chi connectivity index (χ1) is 9.56. The molecule has 1 aliphatic rings. The van der Waals surface area contributed by atoms with Crippen molar-refractivity contribution >= 4 is 17.0 Å². The fourth-order valence-electron chi connectivity index (χ4n) is 2.75. The van der Waals surface area contributed by atoms with E-state index in [1.54, 1.807) is 0 Å². The Labute approximate surface area is 113 Å². The summed E-state index contributed by atoms with van der Waals surface area (Å²) in [5.74, 6) is -0.637. The zero-order chi connectivity index (χ0) is 14.4. The molecule has 6 N–H and O–H groups in total. The first-order valence-corrected chi connectivity index (χ1v) is 6.14. The number of nitrogens with zero attached hydrogens (tertiary/aromatic N) is 4. The highest BCUT2D eigenvalue weighted by atomic mass is 16.3. The van der Waals surface area contributed by atoms with Gasteiger partial charge < -0.3 is 30.7 Å². The van der Waals surface area contributed by atoms with Crippen molar-refractivity contribution in [1.82, 2.24) is 19.5 Å². The van der Waals surface area contributed by atoms with Crippen LogP contribution in [0.4, 0.5) is 5.82 Å². The molecule has 0 bridgehead atoms. The Bertz CT molecular complexity index is 632. The van der Waals surface area contributed by atoms with Gasteiger partial charge in [-0.1, -0.05) is 0 Å². The van der Waals surface area contributed by atoms with Crippen molar-refractivity contribution in [2.24, 2.45) is 5.92 Å². The minimum atomic E-state index is -1.24. The Balaban J connectivity index is 2.09. The van der Waals surface area contributed by atoms with Gasteiger partial charge in [-0.15, -0.1) is 0 Å². The molecule has 0 aliphatic heterocycles. The van der Waals surface area contributed by atoms with E-state index in [1.807, 2.05) is 0 Å². The molecule has 2 aromatic heterocycles. The highest BCUT2D eigenvalue weighted by Gasteiger charge is 2.49. The Morgan fingerprint density at radius 2 is 1.85 bits per heavy atom. The number of fused-ring (bicyclic) bond motifs is 1. The average molecular weight is 281 g/mol. The van der Waals surface area contributed by atoms with E-state index in [0.717, 1.165) is 0 Å². The number of nitrogen functional groups attached to an aromatic ring is 1. The summed E-state index contributed by atoms with van der Waals surface area (Å²) in [5.41, 5.74) is 6.39. The third-order valence-corrected chi connectivity index (χ3v) is 3.85. The summed E-state index contributed by atoms with van der Waals surface area (Å²) in [5, 5.41) is 39.3. The lowest BCUT2D eigenvalue weighted by Gasteiger charge is -2.21. The van der Waals surface area contributed by atoms with Gasteiger partial charge in [0.25, 0.3) is 0 Å². The molecule has 0 amide bonds. The predicted molar refractivity (Wildman–Crippen MR) is 67.4 cm³/mol. The normalized spacial score (nSPS) is 33.9. The maximum atomic E-state index is 10.2. The second-order valence-corrected chi connectivity index (χ2v) is 4.89. The third kappa shape index (κ3) is 1.68. The fourth-order valence-corrected chi connectivity index (χ4v) is 2.75. The van der Waals surface area contributed by atoms with E-state index in [-0.39, 0.29) is 5.82 Å². The summed E-state index contributed by atoms with van der Waals surface area (Å²) < 4.78 is 1.45. The molecule has 3 rings (SSSR count). The molecule has 0 radical (unpaired) electrons. The van der Waals surface area contributed by atoms with Crippen LogP contribution in [0.5, 0.6) is 0 Å². The molecule has 2 heterocycles. The number of aliphatic hydroxyl groups is 4. The molecule has 1 aliphatic carbocycles. The molecule has 9 nitrogen and oxygen atoms in total. The zero-order valence-corrected chi connectivity index (χ0v) is 10.4. The van der Waals surface area contributed by atoms with Gasteiger partial charge in [0.1, 0.15) is 17.9 Å². The standard InChI is InChI=1S/C11H15N5O4/c12-10-5-11(14-2-13-10)16(3-15-5)6-7(18)4(1-17)8(19)9(6)20/h2-4,6-9,17-20H,1H2,(H2,12,13,14)/t4-,6+,7+,8?,9?/m0/s1. The lowest BCUT2D eigenvalue weighted by Crippen LogP contribution is -2.30. The number of hydrogen-bond donors (Lipinski definition) is 5. The van der Waals surface area contributed by atoms with Gasteiger partial charge in [0.05, 0.1) is 31.2 Å². The summed E-state index contributed by atoms with van der Waals surface area (Å²) in [6.07, 6.45) is -0.964. The van der Waals surface area contributed by atoms with Crippen LogP contribution in [0.15, 0.2) is 12.7 Å². The first kappa shape index (κ1) is 13.2. The van der Waals surface area contributed by atoms with Gasteiger partial charge in [-0.05, 0) is 0 Å². The van der Waals surface area contributed by atoms with Gasteiger partial charge in [0.15, 0.2) is 11.5 Å². The predicted octanol–water partition coefficient (Wildman–Crippen LogP) is -2.35. The third-order valence-electron chi connectivity index (χ3n) is 3.85. The summed E-state index contributed by atoms with van der Waals surface area (Å²) in [7, 11) is 0. The van der Waals surface area contributed by atoms with Crippen LogP contribution in [0.2, 0.25) is 0 Å². The van der Waals surface area contributed by atoms with Gasteiger partial charge in [-0.2, -0.15) is 0 Å². The molecule has 2 aromatic rings. The highest BCUT2D eigenvalue weighted by molar-refractivity contribution is 5.81. The number of rotatable bonds is 2. The molecule has 1 saturated carbocycles. The van der Waals surface area contributed by atoms with Crippen molar-refractivity contribution < 1.29 is 20.4 Å². The SMILES string of the molecule is Nc1ncnc2c1ncn2[C@H]1C(O)C(O)[C@@H](CO)[C@H]1O. The fraction of sp³-hybridized carbons (Fsp3) is 0.545. The molecule has 0 aromatic carbocycles. The van der Waals surface area contributed by atoms with Crippen molar-refractivity contribution in [3.63, 3.8) is 0 Å². The number of hydrogen-bond acceptors (Lipinski definition) is 8. The summed E-state index contributed by atoms with van der Waals surface area (Å²) in [6, 6.07) is -0.860. The molecule has 0 spiro atoms. The van der Waals surface area contributed by atoms with Crippen molar-refractivity contribution in [1.29, 1.82) is 0 Å². The number of anilines is 1. The van der Waals surface area contributed by atoms with E-state index in [2.05, 4.69) is 15.0 Å². The lowest BCUT2D eigenvalue weighted by atomic mass is 10.0. The van der Waals surface area contributed by atoms with E-state index in [4.69, 9.17) is 5.73 Å². The molecule has 9 heteroatoms. The van der Waals surface area contributed by atoms with E-state index in [1.165, 1.54) is 17.2 Å². The molecule has 5 atom stereocenters. The van der Waals surface area contributed by atoms with Crippen LogP contribution >= 0.6 is 0 Å². The zero-order valence-electron chi connectivity index (χ0n) is 10.4. The maximum absolute atomic E-state index is 10.2. The van der Waals surface area contributed by atoms with Crippen LogP contribution in [0, 0.1) is 5.92 Å². The number of aromatic nitrogens is 4. The van der Waals surface area contributed by atoms with Crippen molar-refractivity contribution in [3.8, 4) is 0 Å². The Hall–Kier alpha value is -1.81. The van der Waals surface area contributed by atoms with Gasteiger partial charge in [0, 0.05) is 5.92 Å². The van der Waals surface area contributed by atoms with Gasteiger partial charge >= 0.3 is 0 Å². The first-order valence-electron chi connectivity index (χ1n) is 6.14. The molecule has 108 valence electrons.